The monoisotopic (exact) mass is 239 g/mol. The van der Waals surface area contributed by atoms with Gasteiger partial charge in [0.1, 0.15) is 0 Å². The van der Waals surface area contributed by atoms with Crippen LogP contribution in [0.25, 0.3) is 0 Å². The Hall–Kier alpha value is -1.03. The molecule has 1 heterocycles. The Morgan fingerprint density at radius 2 is 2.31 bits per heavy atom. The Morgan fingerprint density at radius 1 is 1.50 bits per heavy atom. The van der Waals surface area contributed by atoms with E-state index in [-0.39, 0.29) is 5.97 Å². The molecule has 1 aromatic rings. The largest absolute Gasteiger partial charge is 0.461 e. The molecule has 0 saturated heterocycles. The van der Waals surface area contributed by atoms with Gasteiger partial charge in [-0.3, -0.25) is 0 Å². The number of hydrogen-bond acceptors (Lipinski definition) is 4. The highest BCUT2D eigenvalue weighted by Crippen LogP contribution is 2.22. The van der Waals surface area contributed by atoms with Crippen molar-refractivity contribution in [1.82, 2.24) is 4.98 Å². The van der Waals surface area contributed by atoms with Gasteiger partial charge in [-0.1, -0.05) is 13.3 Å². The molecule has 0 aliphatic rings. The van der Waals surface area contributed by atoms with Gasteiger partial charge in [0.05, 0.1) is 6.61 Å². The summed E-state index contributed by atoms with van der Waals surface area (Å²) in [4.78, 5) is 16.6. The Morgan fingerprint density at radius 3 is 3.00 bits per heavy atom. The first-order valence-electron chi connectivity index (χ1n) is 5.54. The molecule has 0 aliphatic heterocycles. The summed E-state index contributed by atoms with van der Waals surface area (Å²) in [6.07, 6.45) is 3.92. The smallest absolute Gasteiger partial charge is 0.358 e. The highest BCUT2D eigenvalue weighted by molar-refractivity contribution is 7.99. The van der Waals surface area contributed by atoms with E-state index in [1.54, 1.807) is 24.9 Å². The van der Waals surface area contributed by atoms with Gasteiger partial charge in [0.15, 0.2) is 5.69 Å². The van der Waals surface area contributed by atoms with Gasteiger partial charge in [0.2, 0.25) is 0 Å². The van der Waals surface area contributed by atoms with E-state index in [1.807, 2.05) is 12.1 Å². The lowest BCUT2D eigenvalue weighted by molar-refractivity contribution is 0.0515. The number of aromatic nitrogens is 1. The van der Waals surface area contributed by atoms with Gasteiger partial charge in [-0.25, -0.2) is 9.78 Å². The van der Waals surface area contributed by atoms with E-state index >= 15 is 0 Å². The molecule has 0 spiro atoms. The molecule has 0 aromatic carbocycles. The molecule has 4 heteroatoms. The zero-order valence-electron chi connectivity index (χ0n) is 9.73. The summed E-state index contributed by atoms with van der Waals surface area (Å²) in [5.41, 5.74) is 0.436. The first-order valence-corrected chi connectivity index (χ1v) is 6.53. The summed E-state index contributed by atoms with van der Waals surface area (Å²) in [5, 5.41) is 0. The van der Waals surface area contributed by atoms with Crippen LogP contribution in [0.3, 0.4) is 0 Å². The molecule has 3 nitrogen and oxygen atoms in total. The van der Waals surface area contributed by atoms with Crippen LogP contribution >= 0.6 is 11.8 Å². The highest BCUT2D eigenvalue weighted by Gasteiger charge is 2.13. The van der Waals surface area contributed by atoms with Crippen molar-refractivity contribution >= 4 is 17.7 Å². The molecule has 0 bridgehead atoms. The third kappa shape index (κ3) is 3.85. The zero-order valence-corrected chi connectivity index (χ0v) is 10.5. The maximum Gasteiger partial charge on any atom is 0.358 e. The molecule has 0 radical (unpaired) electrons. The molecular weight excluding hydrogens is 222 g/mol. The predicted molar refractivity (Wildman–Crippen MR) is 65.8 cm³/mol. The Balaban J connectivity index is 2.71. The number of pyridine rings is 1. The van der Waals surface area contributed by atoms with Gasteiger partial charge in [0.25, 0.3) is 0 Å². The van der Waals surface area contributed by atoms with Crippen molar-refractivity contribution in [3.8, 4) is 0 Å². The van der Waals surface area contributed by atoms with Crippen LogP contribution in [0.15, 0.2) is 23.2 Å². The van der Waals surface area contributed by atoms with E-state index in [2.05, 4.69) is 11.9 Å². The number of thioether (sulfide) groups is 1. The third-order valence-corrected chi connectivity index (χ3v) is 3.13. The first kappa shape index (κ1) is 13.0. The highest BCUT2D eigenvalue weighted by atomic mass is 32.2. The second-order valence-electron chi connectivity index (χ2n) is 3.27. The molecule has 0 saturated carbocycles. The van der Waals surface area contributed by atoms with E-state index in [0.717, 1.165) is 23.5 Å². The number of ether oxygens (including phenoxy) is 1. The van der Waals surface area contributed by atoms with Gasteiger partial charge in [-0.05, 0) is 31.2 Å². The summed E-state index contributed by atoms with van der Waals surface area (Å²) < 4.78 is 4.96. The molecule has 0 aliphatic carbocycles. The second-order valence-corrected chi connectivity index (χ2v) is 4.41. The van der Waals surface area contributed by atoms with Crippen molar-refractivity contribution in [2.75, 3.05) is 12.4 Å². The van der Waals surface area contributed by atoms with Crippen molar-refractivity contribution in [1.29, 1.82) is 0 Å². The van der Waals surface area contributed by atoms with Crippen LogP contribution in [-0.4, -0.2) is 23.3 Å². The number of carbonyl (C=O) groups is 1. The minimum absolute atomic E-state index is 0.331. The van der Waals surface area contributed by atoms with E-state index < -0.39 is 0 Å². The standard InChI is InChI=1S/C12H17NO2S/c1-3-5-9-16-10-7-6-8-13-11(10)12(14)15-4-2/h6-8H,3-5,9H2,1-2H3. The van der Waals surface area contributed by atoms with Gasteiger partial charge in [0, 0.05) is 11.1 Å². The van der Waals surface area contributed by atoms with Gasteiger partial charge >= 0.3 is 5.97 Å². The fourth-order valence-electron chi connectivity index (χ4n) is 1.19. The summed E-state index contributed by atoms with van der Waals surface area (Å²) in [7, 11) is 0. The van der Waals surface area contributed by atoms with Gasteiger partial charge in [-0.2, -0.15) is 0 Å². The molecule has 1 aromatic heterocycles. The van der Waals surface area contributed by atoms with Crippen molar-refractivity contribution in [2.24, 2.45) is 0 Å². The quantitative estimate of drug-likeness (QED) is 0.434. The van der Waals surface area contributed by atoms with Crippen LogP contribution in [0, 0.1) is 0 Å². The maximum absolute atomic E-state index is 11.6. The van der Waals surface area contributed by atoms with Crippen LogP contribution in [0.2, 0.25) is 0 Å². The van der Waals surface area contributed by atoms with Crippen LogP contribution in [0.1, 0.15) is 37.2 Å². The minimum atomic E-state index is -0.331. The molecule has 88 valence electrons. The molecule has 0 N–H and O–H groups in total. The number of carbonyl (C=O) groups excluding carboxylic acids is 1. The van der Waals surface area contributed by atoms with E-state index in [0.29, 0.717) is 12.3 Å². The summed E-state index contributed by atoms with van der Waals surface area (Å²) in [6.45, 7) is 4.33. The van der Waals surface area contributed by atoms with Crippen LogP contribution < -0.4 is 0 Å². The number of hydrogen-bond donors (Lipinski definition) is 0. The number of esters is 1. The zero-order chi connectivity index (χ0) is 11.8. The number of rotatable bonds is 6. The minimum Gasteiger partial charge on any atom is -0.461 e. The van der Waals surface area contributed by atoms with Crippen LogP contribution in [-0.2, 0) is 4.74 Å². The molecular formula is C12H17NO2S. The third-order valence-electron chi connectivity index (χ3n) is 1.99. The lowest BCUT2D eigenvalue weighted by atomic mass is 10.3. The lowest BCUT2D eigenvalue weighted by Gasteiger charge is -2.06. The second kappa shape index (κ2) is 7.28. The summed E-state index contributed by atoms with van der Waals surface area (Å²) >= 11 is 1.66. The van der Waals surface area contributed by atoms with Crippen LogP contribution in [0.5, 0.6) is 0 Å². The van der Waals surface area contributed by atoms with E-state index in [9.17, 15) is 4.79 Å². The van der Waals surface area contributed by atoms with E-state index in [1.165, 1.54) is 0 Å². The van der Waals surface area contributed by atoms with Crippen molar-refractivity contribution < 1.29 is 9.53 Å². The van der Waals surface area contributed by atoms with Crippen molar-refractivity contribution in [3.05, 3.63) is 24.0 Å². The SMILES string of the molecule is CCCCSc1cccnc1C(=O)OCC. The van der Waals surface area contributed by atoms with Gasteiger partial charge < -0.3 is 4.74 Å². The molecule has 0 fully saturated rings. The average Bonchev–Trinajstić information content (AvgIpc) is 2.30. The maximum atomic E-state index is 11.6. The predicted octanol–water partition coefficient (Wildman–Crippen LogP) is 3.15. The normalized spacial score (nSPS) is 10.1. The molecule has 1 rings (SSSR count). The average molecular weight is 239 g/mol. The van der Waals surface area contributed by atoms with E-state index in [4.69, 9.17) is 4.74 Å². The van der Waals surface area contributed by atoms with Crippen molar-refractivity contribution in [3.63, 3.8) is 0 Å². The molecule has 0 atom stereocenters. The van der Waals surface area contributed by atoms with Crippen LogP contribution in [0.4, 0.5) is 0 Å². The van der Waals surface area contributed by atoms with Crippen molar-refractivity contribution in [2.45, 2.75) is 31.6 Å². The lowest BCUT2D eigenvalue weighted by Crippen LogP contribution is -2.08. The Bertz CT molecular complexity index is 342. The number of nitrogens with zero attached hydrogens (tertiary/aromatic N) is 1. The fraction of sp³-hybridized carbons (Fsp3) is 0.500. The topological polar surface area (TPSA) is 39.2 Å². The fourth-order valence-corrected chi connectivity index (χ4v) is 2.29. The number of unbranched alkanes of at least 4 members (excludes halogenated alkanes) is 1. The van der Waals surface area contributed by atoms with Gasteiger partial charge in [-0.15, -0.1) is 11.8 Å². The molecule has 16 heavy (non-hydrogen) atoms. The Labute approximate surface area is 101 Å². The summed E-state index contributed by atoms with van der Waals surface area (Å²) in [6, 6.07) is 3.76. The Kier molecular flexibility index (Phi) is 5.93. The molecule has 0 unspecified atom stereocenters. The summed E-state index contributed by atoms with van der Waals surface area (Å²) in [5.74, 6) is 0.677. The molecule has 0 amide bonds. The first-order chi connectivity index (χ1) is 7.79.